The molecule has 2 aromatic rings. The number of nitrogens with one attached hydrogen (secondary N) is 1. The smallest absolute Gasteiger partial charge is 0.256 e. The van der Waals surface area contributed by atoms with Crippen molar-refractivity contribution in [2.24, 2.45) is 5.92 Å². The lowest BCUT2D eigenvalue weighted by molar-refractivity contribution is 0.0941. The van der Waals surface area contributed by atoms with Gasteiger partial charge in [-0.1, -0.05) is 37.6 Å². The number of benzene rings is 1. The monoisotopic (exact) mass is 392 g/mol. The zero-order valence-electron chi connectivity index (χ0n) is 16.9. The number of aromatic nitrogens is 2. The summed E-state index contributed by atoms with van der Waals surface area (Å²) in [4.78, 5) is 14.8. The van der Waals surface area contributed by atoms with Gasteiger partial charge in [-0.25, -0.2) is 0 Å². The van der Waals surface area contributed by atoms with Crippen LogP contribution in [0.2, 0.25) is 5.15 Å². The third kappa shape index (κ3) is 5.23. The lowest BCUT2D eigenvalue weighted by atomic mass is 10.1. The maximum atomic E-state index is 12.8. The zero-order chi connectivity index (χ0) is 20.1. The van der Waals surface area contributed by atoms with Crippen LogP contribution in [-0.4, -0.2) is 48.3 Å². The Kier molecular flexibility index (Phi) is 7.27. The largest absolute Gasteiger partial charge is 0.497 e. The fraction of sp³-hybridized carbons (Fsp3) is 0.500. The van der Waals surface area contributed by atoms with E-state index in [-0.39, 0.29) is 11.9 Å². The molecule has 1 unspecified atom stereocenters. The van der Waals surface area contributed by atoms with E-state index in [0.717, 1.165) is 11.3 Å². The third-order valence-corrected chi connectivity index (χ3v) is 4.79. The van der Waals surface area contributed by atoms with Crippen LogP contribution in [0.1, 0.15) is 41.5 Å². The number of nitrogens with zero attached hydrogens (tertiary/aromatic N) is 3. The van der Waals surface area contributed by atoms with E-state index in [1.165, 1.54) is 0 Å². The minimum absolute atomic E-state index is 0.0321. The molecule has 27 heavy (non-hydrogen) atoms. The molecule has 0 aliphatic carbocycles. The van der Waals surface area contributed by atoms with Crippen LogP contribution in [-0.2, 0) is 6.54 Å². The molecule has 0 radical (unpaired) electrons. The maximum absolute atomic E-state index is 12.8. The Labute approximate surface area is 166 Å². The molecule has 1 amide bonds. The van der Waals surface area contributed by atoms with Crippen molar-refractivity contribution in [1.82, 2.24) is 20.0 Å². The molecule has 0 saturated carbocycles. The Balaban J connectivity index is 2.13. The molecular formula is C20H29ClN4O2. The van der Waals surface area contributed by atoms with Crippen molar-refractivity contribution in [3.8, 4) is 5.75 Å². The molecule has 1 aromatic heterocycles. The molecule has 0 spiro atoms. The topological polar surface area (TPSA) is 59.4 Å². The van der Waals surface area contributed by atoms with Crippen LogP contribution in [0, 0.1) is 12.8 Å². The van der Waals surface area contributed by atoms with Crippen molar-refractivity contribution in [1.29, 1.82) is 0 Å². The van der Waals surface area contributed by atoms with Gasteiger partial charge in [0, 0.05) is 13.1 Å². The van der Waals surface area contributed by atoms with Gasteiger partial charge in [-0.3, -0.25) is 9.48 Å². The molecule has 0 aliphatic heterocycles. The van der Waals surface area contributed by atoms with Crippen molar-refractivity contribution in [3.63, 3.8) is 0 Å². The fourth-order valence-electron chi connectivity index (χ4n) is 2.98. The standard InChI is InChI=1S/C20H29ClN4O2/c1-13(2)12-25-19(21)18(14(3)23-25)20(26)22-11-17(24(4)5)15-7-9-16(27-6)10-8-15/h7-10,13,17H,11-12H2,1-6H3,(H,22,26). The van der Waals surface area contributed by atoms with Gasteiger partial charge in [0.25, 0.3) is 5.91 Å². The molecule has 0 fully saturated rings. The molecule has 1 heterocycles. The van der Waals surface area contributed by atoms with E-state index in [1.54, 1.807) is 11.8 Å². The number of rotatable bonds is 8. The molecule has 148 valence electrons. The van der Waals surface area contributed by atoms with Crippen molar-refractivity contribution in [3.05, 3.63) is 46.2 Å². The summed E-state index contributed by atoms with van der Waals surface area (Å²) in [5.41, 5.74) is 2.19. The third-order valence-electron chi connectivity index (χ3n) is 4.41. The second kappa shape index (κ2) is 9.24. The Bertz CT molecular complexity index is 769. The van der Waals surface area contributed by atoms with Gasteiger partial charge in [0.05, 0.1) is 24.4 Å². The van der Waals surface area contributed by atoms with Gasteiger partial charge >= 0.3 is 0 Å². The summed E-state index contributed by atoms with van der Waals surface area (Å²) < 4.78 is 6.91. The minimum atomic E-state index is -0.201. The first-order valence-electron chi connectivity index (χ1n) is 9.06. The zero-order valence-corrected chi connectivity index (χ0v) is 17.7. The normalized spacial score (nSPS) is 12.5. The SMILES string of the molecule is COc1ccc(C(CNC(=O)c2c(C)nn(CC(C)C)c2Cl)N(C)C)cc1. The van der Waals surface area contributed by atoms with Crippen molar-refractivity contribution in [2.45, 2.75) is 33.4 Å². The van der Waals surface area contributed by atoms with Crippen molar-refractivity contribution < 1.29 is 9.53 Å². The first-order chi connectivity index (χ1) is 12.7. The van der Waals surface area contributed by atoms with E-state index in [9.17, 15) is 4.79 Å². The van der Waals surface area contributed by atoms with Crippen LogP contribution in [0.3, 0.4) is 0 Å². The van der Waals surface area contributed by atoms with E-state index in [2.05, 4.69) is 29.2 Å². The van der Waals surface area contributed by atoms with E-state index >= 15 is 0 Å². The van der Waals surface area contributed by atoms with E-state index in [4.69, 9.17) is 16.3 Å². The van der Waals surface area contributed by atoms with E-state index in [1.807, 2.05) is 45.3 Å². The van der Waals surface area contributed by atoms with Crippen LogP contribution in [0.4, 0.5) is 0 Å². The molecule has 6 nitrogen and oxygen atoms in total. The van der Waals surface area contributed by atoms with Gasteiger partial charge in [0.1, 0.15) is 10.9 Å². The highest BCUT2D eigenvalue weighted by molar-refractivity contribution is 6.33. The van der Waals surface area contributed by atoms with Gasteiger partial charge in [0.15, 0.2) is 0 Å². The summed E-state index contributed by atoms with van der Waals surface area (Å²) in [6, 6.07) is 7.89. The highest BCUT2D eigenvalue weighted by Gasteiger charge is 2.22. The number of hydrogen-bond acceptors (Lipinski definition) is 4. The molecule has 0 bridgehead atoms. The lowest BCUT2D eigenvalue weighted by Gasteiger charge is -2.25. The van der Waals surface area contributed by atoms with Gasteiger partial charge in [-0.15, -0.1) is 0 Å². The Morgan fingerprint density at radius 3 is 2.44 bits per heavy atom. The Morgan fingerprint density at radius 1 is 1.30 bits per heavy atom. The summed E-state index contributed by atoms with van der Waals surface area (Å²) in [6.45, 7) is 7.13. The van der Waals surface area contributed by atoms with Gasteiger partial charge < -0.3 is 15.0 Å². The Hall–Kier alpha value is -2.05. The summed E-state index contributed by atoms with van der Waals surface area (Å²) in [5, 5.41) is 7.81. The summed E-state index contributed by atoms with van der Waals surface area (Å²) in [6.07, 6.45) is 0. The number of likely N-dealkylation sites (N-methyl/N-ethyl adjacent to an activating group) is 1. The second-order valence-corrected chi connectivity index (χ2v) is 7.65. The van der Waals surface area contributed by atoms with Crippen LogP contribution < -0.4 is 10.1 Å². The Morgan fingerprint density at radius 2 is 1.93 bits per heavy atom. The van der Waals surface area contributed by atoms with Crippen LogP contribution in [0.25, 0.3) is 0 Å². The molecule has 0 saturated heterocycles. The first-order valence-corrected chi connectivity index (χ1v) is 9.43. The average molecular weight is 393 g/mol. The molecule has 7 heteroatoms. The quantitative estimate of drug-likeness (QED) is 0.746. The number of aryl methyl sites for hydroxylation is 1. The molecule has 1 N–H and O–H groups in total. The molecule has 0 aliphatic rings. The highest BCUT2D eigenvalue weighted by atomic mass is 35.5. The van der Waals surface area contributed by atoms with Gasteiger partial charge in [-0.05, 0) is 44.6 Å². The number of hydrogen-bond donors (Lipinski definition) is 1. The molecule has 2 rings (SSSR count). The summed E-state index contributed by atoms with van der Waals surface area (Å²) in [7, 11) is 5.62. The maximum Gasteiger partial charge on any atom is 0.256 e. The minimum Gasteiger partial charge on any atom is -0.497 e. The van der Waals surface area contributed by atoms with Crippen LogP contribution >= 0.6 is 11.6 Å². The summed E-state index contributed by atoms with van der Waals surface area (Å²) in [5.74, 6) is 0.999. The van der Waals surface area contributed by atoms with Gasteiger partial charge in [-0.2, -0.15) is 5.10 Å². The number of methoxy groups -OCH3 is 1. The lowest BCUT2D eigenvalue weighted by Crippen LogP contribution is -2.34. The number of amides is 1. The van der Waals surface area contributed by atoms with Crippen LogP contribution in [0.5, 0.6) is 5.75 Å². The fourth-order valence-corrected chi connectivity index (χ4v) is 3.31. The van der Waals surface area contributed by atoms with E-state index in [0.29, 0.717) is 35.4 Å². The number of ether oxygens (including phenoxy) is 1. The predicted octanol–water partition coefficient (Wildman–Crippen LogP) is 3.54. The molecule has 1 atom stereocenters. The van der Waals surface area contributed by atoms with E-state index < -0.39 is 0 Å². The average Bonchev–Trinajstić information content (AvgIpc) is 2.88. The summed E-state index contributed by atoms with van der Waals surface area (Å²) >= 11 is 6.41. The first kappa shape index (κ1) is 21.3. The molecular weight excluding hydrogens is 364 g/mol. The molecule has 1 aromatic carbocycles. The van der Waals surface area contributed by atoms with Crippen molar-refractivity contribution in [2.75, 3.05) is 27.7 Å². The highest BCUT2D eigenvalue weighted by Crippen LogP contribution is 2.23. The number of carbonyl (C=O) groups excluding carboxylic acids is 1. The predicted molar refractivity (Wildman–Crippen MR) is 109 cm³/mol. The van der Waals surface area contributed by atoms with Crippen molar-refractivity contribution >= 4 is 17.5 Å². The van der Waals surface area contributed by atoms with Crippen LogP contribution in [0.15, 0.2) is 24.3 Å². The second-order valence-electron chi connectivity index (χ2n) is 7.29. The number of carbonyl (C=O) groups is 1. The van der Waals surface area contributed by atoms with Gasteiger partial charge in [0.2, 0.25) is 0 Å². The number of halogens is 1.